The van der Waals surface area contributed by atoms with E-state index in [1.54, 1.807) is 7.05 Å². The van der Waals surface area contributed by atoms with Crippen LogP contribution in [0.15, 0.2) is 70.1 Å². The van der Waals surface area contributed by atoms with Crippen LogP contribution in [0.4, 0.5) is 5.69 Å². The van der Waals surface area contributed by atoms with Crippen molar-refractivity contribution in [3.63, 3.8) is 0 Å². The summed E-state index contributed by atoms with van der Waals surface area (Å²) >= 11 is 3.61. The van der Waals surface area contributed by atoms with Gasteiger partial charge in [-0.2, -0.15) is 0 Å². The summed E-state index contributed by atoms with van der Waals surface area (Å²) in [6.45, 7) is 4.85. The highest BCUT2D eigenvalue weighted by Crippen LogP contribution is 2.22. The Morgan fingerprint density at radius 3 is 2.65 bits per heavy atom. The number of nitrogens with zero attached hydrogens (tertiary/aromatic N) is 2. The predicted molar refractivity (Wildman–Crippen MR) is 114 cm³/mol. The first kappa shape index (κ1) is 18.5. The lowest BCUT2D eigenvalue weighted by Gasteiger charge is -2.20. The lowest BCUT2D eigenvalue weighted by atomic mass is 10.1. The van der Waals surface area contributed by atoms with Gasteiger partial charge in [0.25, 0.3) is 0 Å². The summed E-state index contributed by atoms with van der Waals surface area (Å²) in [6.07, 6.45) is 4.42. The Hall–Kier alpha value is -2.27. The molecule has 1 unspecified atom stereocenters. The highest BCUT2D eigenvalue weighted by Gasteiger charge is 2.11. The Morgan fingerprint density at radius 1 is 1.15 bits per heavy atom. The van der Waals surface area contributed by atoms with E-state index in [9.17, 15) is 0 Å². The highest BCUT2D eigenvalue weighted by atomic mass is 79.9. The lowest BCUT2D eigenvalue weighted by Crippen LogP contribution is -2.38. The Balaban J connectivity index is 1.59. The van der Waals surface area contributed by atoms with Crippen LogP contribution in [-0.2, 0) is 6.54 Å². The van der Waals surface area contributed by atoms with Crippen LogP contribution in [0.25, 0.3) is 0 Å². The topological polar surface area (TPSA) is 39.7 Å². The predicted octanol–water partition coefficient (Wildman–Crippen LogP) is 4.25. The standard InChI is InChI=1S/C21H25BrN4/c1-16(19-10-3-4-11-20(19)22)25-21(23-2)24-15-17-8-7-9-18(14-17)26-12-5-6-13-26/h3-11,14,16H,12-13,15H2,1-2H3,(H2,23,24,25). The van der Waals surface area contributed by atoms with E-state index < -0.39 is 0 Å². The minimum absolute atomic E-state index is 0.152. The average molecular weight is 413 g/mol. The third kappa shape index (κ3) is 4.67. The molecule has 0 fully saturated rings. The molecule has 0 saturated carbocycles. The Morgan fingerprint density at radius 2 is 1.92 bits per heavy atom. The number of hydrogen-bond donors (Lipinski definition) is 2. The number of halogens is 1. The van der Waals surface area contributed by atoms with Gasteiger partial charge in [0.1, 0.15) is 0 Å². The third-order valence-corrected chi connectivity index (χ3v) is 5.22. The zero-order chi connectivity index (χ0) is 18.4. The van der Waals surface area contributed by atoms with Crippen LogP contribution in [-0.4, -0.2) is 26.1 Å². The molecule has 5 heteroatoms. The molecular weight excluding hydrogens is 388 g/mol. The van der Waals surface area contributed by atoms with E-state index in [4.69, 9.17) is 0 Å². The van der Waals surface area contributed by atoms with Crippen LogP contribution in [0.3, 0.4) is 0 Å². The van der Waals surface area contributed by atoms with Crippen LogP contribution in [0, 0.1) is 0 Å². The van der Waals surface area contributed by atoms with Crippen molar-refractivity contribution in [3.8, 4) is 0 Å². The average Bonchev–Trinajstić information content (AvgIpc) is 3.20. The van der Waals surface area contributed by atoms with Crippen LogP contribution in [0.5, 0.6) is 0 Å². The molecule has 0 bridgehead atoms. The molecule has 1 aliphatic rings. The Bertz CT molecular complexity index is 792. The van der Waals surface area contributed by atoms with Crippen molar-refractivity contribution in [1.29, 1.82) is 0 Å². The quantitative estimate of drug-likeness (QED) is 0.437. The van der Waals surface area contributed by atoms with E-state index in [0.29, 0.717) is 0 Å². The second-order valence-electron chi connectivity index (χ2n) is 6.36. The van der Waals surface area contributed by atoms with E-state index in [2.05, 4.69) is 91.9 Å². The molecule has 0 spiro atoms. The van der Waals surface area contributed by atoms with Gasteiger partial charge in [-0.15, -0.1) is 0 Å². The fourth-order valence-corrected chi connectivity index (χ4v) is 3.67. The maximum atomic E-state index is 4.36. The van der Waals surface area contributed by atoms with Crippen LogP contribution in [0.1, 0.15) is 24.1 Å². The van der Waals surface area contributed by atoms with E-state index in [1.165, 1.54) is 16.8 Å². The molecule has 0 saturated heterocycles. The van der Waals surface area contributed by atoms with Crippen molar-refractivity contribution in [1.82, 2.24) is 10.6 Å². The van der Waals surface area contributed by atoms with E-state index in [-0.39, 0.29) is 6.04 Å². The maximum absolute atomic E-state index is 4.36. The summed E-state index contributed by atoms with van der Waals surface area (Å²) < 4.78 is 1.10. The lowest BCUT2D eigenvalue weighted by molar-refractivity contribution is 0.682. The van der Waals surface area contributed by atoms with Gasteiger partial charge in [0.05, 0.1) is 6.04 Å². The van der Waals surface area contributed by atoms with Gasteiger partial charge in [-0.1, -0.05) is 58.4 Å². The molecular formula is C21H25BrN4. The first-order chi connectivity index (χ1) is 12.7. The SMILES string of the molecule is CN=C(NCc1cccc(N2CC=CC2)c1)NC(C)c1ccccc1Br. The van der Waals surface area contributed by atoms with Crippen molar-refractivity contribution in [2.24, 2.45) is 4.99 Å². The first-order valence-corrected chi connectivity index (χ1v) is 9.67. The number of aliphatic imine (C=N–C) groups is 1. The summed E-state index contributed by atoms with van der Waals surface area (Å²) in [6, 6.07) is 17.1. The van der Waals surface area contributed by atoms with Gasteiger partial charge in [-0.3, -0.25) is 4.99 Å². The van der Waals surface area contributed by atoms with Gasteiger partial charge in [0, 0.05) is 36.8 Å². The number of rotatable bonds is 5. The molecule has 1 heterocycles. The van der Waals surface area contributed by atoms with Gasteiger partial charge in [0.15, 0.2) is 5.96 Å². The second kappa shape index (κ2) is 8.90. The number of anilines is 1. The molecule has 0 aliphatic carbocycles. The Kier molecular flexibility index (Phi) is 6.34. The molecule has 0 amide bonds. The molecule has 1 aliphatic heterocycles. The number of hydrogen-bond acceptors (Lipinski definition) is 2. The second-order valence-corrected chi connectivity index (χ2v) is 7.21. The monoisotopic (exact) mass is 412 g/mol. The molecule has 0 radical (unpaired) electrons. The molecule has 0 aromatic heterocycles. The molecule has 136 valence electrons. The summed E-state index contributed by atoms with van der Waals surface area (Å²) in [7, 11) is 1.80. The highest BCUT2D eigenvalue weighted by molar-refractivity contribution is 9.10. The van der Waals surface area contributed by atoms with Gasteiger partial charge < -0.3 is 15.5 Å². The van der Waals surface area contributed by atoms with Crippen molar-refractivity contribution in [2.75, 3.05) is 25.0 Å². The fraction of sp³-hybridized carbons (Fsp3) is 0.286. The summed E-state index contributed by atoms with van der Waals surface area (Å²) in [4.78, 5) is 6.71. The minimum atomic E-state index is 0.152. The largest absolute Gasteiger partial charge is 0.364 e. The number of guanidine groups is 1. The van der Waals surface area contributed by atoms with E-state index in [0.717, 1.165) is 30.1 Å². The van der Waals surface area contributed by atoms with Crippen molar-refractivity contribution >= 4 is 27.6 Å². The van der Waals surface area contributed by atoms with Crippen molar-refractivity contribution < 1.29 is 0 Å². The molecule has 2 N–H and O–H groups in total. The smallest absolute Gasteiger partial charge is 0.191 e. The molecule has 1 atom stereocenters. The van der Waals surface area contributed by atoms with Crippen molar-refractivity contribution in [3.05, 3.63) is 76.3 Å². The van der Waals surface area contributed by atoms with E-state index >= 15 is 0 Å². The van der Waals surface area contributed by atoms with Gasteiger partial charge >= 0.3 is 0 Å². The van der Waals surface area contributed by atoms with Crippen LogP contribution in [0.2, 0.25) is 0 Å². The number of nitrogens with one attached hydrogen (secondary N) is 2. The van der Waals surface area contributed by atoms with Gasteiger partial charge in [-0.05, 0) is 36.2 Å². The van der Waals surface area contributed by atoms with Crippen LogP contribution < -0.4 is 15.5 Å². The zero-order valence-corrected chi connectivity index (χ0v) is 16.8. The number of benzene rings is 2. The third-order valence-electron chi connectivity index (χ3n) is 4.50. The molecule has 3 rings (SSSR count). The minimum Gasteiger partial charge on any atom is -0.364 e. The Labute approximate surface area is 164 Å². The molecule has 2 aromatic carbocycles. The fourth-order valence-electron chi connectivity index (χ4n) is 3.04. The zero-order valence-electron chi connectivity index (χ0n) is 15.2. The summed E-state index contributed by atoms with van der Waals surface area (Å²) in [5.41, 5.74) is 3.71. The molecule has 2 aromatic rings. The van der Waals surface area contributed by atoms with Gasteiger partial charge in [-0.25, -0.2) is 0 Å². The van der Waals surface area contributed by atoms with Crippen molar-refractivity contribution in [2.45, 2.75) is 19.5 Å². The summed E-state index contributed by atoms with van der Waals surface area (Å²) in [5.74, 6) is 0.793. The first-order valence-electron chi connectivity index (χ1n) is 8.88. The normalized spacial score (nSPS) is 15.2. The molecule has 26 heavy (non-hydrogen) atoms. The maximum Gasteiger partial charge on any atom is 0.191 e. The van der Waals surface area contributed by atoms with Crippen LogP contribution >= 0.6 is 15.9 Å². The van der Waals surface area contributed by atoms with Gasteiger partial charge in [0.2, 0.25) is 0 Å². The van der Waals surface area contributed by atoms with E-state index in [1.807, 2.05) is 12.1 Å². The molecule has 4 nitrogen and oxygen atoms in total. The summed E-state index contributed by atoms with van der Waals surface area (Å²) in [5, 5.41) is 6.87.